The van der Waals surface area contributed by atoms with E-state index in [0.717, 1.165) is 45.4 Å². The van der Waals surface area contributed by atoms with Gasteiger partial charge in [0, 0.05) is 55.8 Å². The maximum Gasteiger partial charge on any atom is 0.170 e. The predicted octanol–water partition coefficient (Wildman–Crippen LogP) is 4.60. The molecule has 0 bridgehead atoms. The van der Waals surface area contributed by atoms with E-state index in [1.807, 2.05) is 0 Å². The molecule has 5 aliphatic carbocycles. The molecule has 7 fully saturated rings. The Morgan fingerprint density at radius 2 is 1.67 bits per heavy atom. The van der Waals surface area contributed by atoms with Crippen LogP contribution in [0.15, 0.2) is 0 Å². The van der Waals surface area contributed by atoms with Crippen molar-refractivity contribution in [3.63, 3.8) is 0 Å². The maximum atomic E-state index is 12.4. The summed E-state index contributed by atoms with van der Waals surface area (Å²) in [6.45, 7) is 18.0. The molecule has 7 nitrogen and oxygen atoms in total. The van der Waals surface area contributed by atoms with Gasteiger partial charge in [0.05, 0.1) is 36.6 Å². The Morgan fingerprint density at radius 1 is 1.00 bits per heavy atom. The molecule has 252 valence electrons. The SMILES string of the molecule is CC1CC(C(O)C(C)(C)O)OC2C1C1(C)CCC34CC35CCC(OC3CN(C)CCO3)C(C)(C)C5CCC4C1(C)C2O.[Er]. The number of ether oxygens (including phenoxy) is 3. The van der Waals surface area contributed by atoms with E-state index in [1.165, 1.54) is 25.7 Å². The van der Waals surface area contributed by atoms with Gasteiger partial charge in [-0.25, -0.2) is 0 Å². The van der Waals surface area contributed by atoms with E-state index in [-0.39, 0.29) is 78.0 Å². The van der Waals surface area contributed by atoms with Gasteiger partial charge in [-0.2, -0.15) is 0 Å². The van der Waals surface area contributed by atoms with E-state index in [9.17, 15) is 15.3 Å². The van der Waals surface area contributed by atoms with Gasteiger partial charge in [-0.05, 0) is 118 Å². The number of aliphatic hydroxyl groups excluding tert-OH is 2. The number of likely N-dealkylation sites (N-methyl/N-ethyl adjacent to an activating group) is 1. The third-order valence-electron chi connectivity index (χ3n) is 15.4. The normalized spacial score (nSPS) is 54.6. The van der Waals surface area contributed by atoms with E-state index >= 15 is 0 Å². The first-order valence-corrected chi connectivity index (χ1v) is 17.2. The van der Waals surface area contributed by atoms with Gasteiger partial charge in [0.15, 0.2) is 6.29 Å². The van der Waals surface area contributed by atoms with Gasteiger partial charge in [0.25, 0.3) is 0 Å². The van der Waals surface area contributed by atoms with Gasteiger partial charge < -0.3 is 29.5 Å². The van der Waals surface area contributed by atoms with Crippen molar-refractivity contribution < 1.29 is 66.8 Å². The fourth-order valence-corrected chi connectivity index (χ4v) is 13.2. The van der Waals surface area contributed by atoms with Crippen molar-refractivity contribution in [1.82, 2.24) is 4.90 Å². The van der Waals surface area contributed by atoms with Crippen molar-refractivity contribution in [2.45, 2.75) is 142 Å². The van der Waals surface area contributed by atoms with Crippen LogP contribution in [0.5, 0.6) is 0 Å². The van der Waals surface area contributed by atoms with Crippen molar-refractivity contribution in [3.05, 3.63) is 0 Å². The minimum Gasteiger partial charge on any atom is -0.390 e. The summed E-state index contributed by atoms with van der Waals surface area (Å²) in [6.07, 6.45) is 6.95. The largest absolute Gasteiger partial charge is 0.390 e. The summed E-state index contributed by atoms with van der Waals surface area (Å²) in [6, 6.07) is 0. The third kappa shape index (κ3) is 4.47. The topological polar surface area (TPSA) is 91.6 Å². The van der Waals surface area contributed by atoms with Crippen molar-refractivity contribution in [2.75, 3.05) is 26.7 Å². The minimum absolute atomic E-state index is 0. The molecule has 3 N–H and O–H groups in total. The molecular formula is C35H59ErNO6. The summed E-state index contributed by atoms with van der Waals surface area (Å²) in [5.41, 5.74) is -0.721. The fourth-order valence-electron chi connectivity index (χ4n) is 13.2. The maximum absolute atomic E-state index is 12.4. The number of morpholine rings is 1. The summed E-state index contributed by atoms with van der Waals surface area (Å²) < 4.78 is 19.5. The number of rotatable bonds is 4. The second-order valence-electron chi connectivity index (χ2n) is 17.8. The Morgan fingerprint density at radius 3 is 2.35 bits per heavy atom. The first kappa shape index (κ1) is 33.9. The van der Waals surface area contributed by atoms with Crippen LogP contribution in [0.3, 0.4) is 0 Å². The number of fused-ring (bicyclic) bond motifs is 4. The van der Waals surface area contributed by atoms with Gasteiger partial charge in [0.1, 0.15) is 6.10 Å². The summed E-state index contributed by atoms with van der Waals surface area (Å²) in [7, 11) is 2.15. The molecule has 0 aromatic carbocycles. The molecule has 5 saturated carbocycles. The molecule has 0 radical (unpaired) electrons. The molecular weight excluding hydrogens is 698 g/mol. The summed E-state index contributed by atoms with van der Waals surface area (Å²) in [4.78, 5) is 2.31. The smallest absolute Gasteiger partial charge is 0.170 e. The molecule has 14 atom stereocenters. The van der Waals surface area contributed by atoms with Crippen LogP contribution in [0.25, 0.3) is 0 Å². The van der Waals surface area contributed by atoms with Gasteiger partial charge in [-0.3, -0.25) is 4.90 Å². The first-order valence-electron chi connectivity index (χ1n) is 17.2. The molecule has 7 rings (SSSR count). The molecule has 2 saturated heterocycles. The Bertz CT molecular complexity index is 1080. The fraction of sp³-hybridized carbons (Fsp3) is 1.00. The van der Waals surface area contributed by atoms with E-state index in [0.29, 0.717) is 28.6 Å². The molecule has 0 aromatic rings. The molecule has 0 amide bonds. The van der Waals surface area contributed by atoms with Gasteiger partial charge >= 0.3 is 0 Å². The molecule has 14 unspecified atom stereocenters. The van der Waals surface area contributed by atoms with E-state index in [4.69, 9.17) is 14.2 Å². The summed E-state index contributed by atoms with van der Waals surface area (Å²) in [5.74, 6) is 1.70. The van der Waals surface area contributed by atoms with E-state index < -0.39 is 23.9 Å². The van der Waals surface area contributed by atoms with E-state index in [1.54, 1.807) is 13.8 Å². The van der Waals surface area contributed by atoms with Crippen molar-refractivity contribution in [1.29, 1.82) is 0 Å². The van der Waals surface area contributed by atoms with Crippen LogP contribution in [-0.2, 0) is 14.2 Å². The first-order chi connectivity index (χ1) is 19.5. The number of aliphatic hydroxyl groups is 3. The third-order valence-corrected chi connectivity index (χ3v) is 15.4. The second-order valence-corrected chi connectivity index (χ2v) is 17.8. The summed E-state index contributed by atoms with van der Waals surface area (Å²) in [5, 5.41) is 34.0. The number of hydrogen-bond acceptors (Lipinski definition) is 7. The molecule has 8 heteroatoms. The summed E-state index contributed by atoms with van der Waals surface area (Å²) >= 11 is 0. The molecule has 0 aromatic heterocycles. The van der Waals surface area contributed by atoms with Gasteiger partial charge in [-0.15, -0.1) is 0 Å². The average Bonchev–Trinajstić information content (AvgIpc) is 3.54. The van der Waals surface area contributed by atoms with Crippen LogP contribution in [0.1, 0.15) is 99.8 Å². The zero-order chi connectivity index (χ0) is 30.3. The Labute approximate surface area is 289 Å². The Kier molecular flexibility index (Phi) is 8.45. The molecule has 2 aliphatic heterocycles. The zero-order valence-electron chi connectivity index (χ0n) is 27.9. The van der Waals surface area contributed by atoms with Crippen molar-refractivity contribution in [3.8, 4) is 0 Å². The van der Waals surface area contributed by atoms with Gasteiger partial charge in [-0.1, -0.05) is 34.6 Å². The minimum atomic E-state index is -1.24. The van der Waals surface area contributed by atoms with Crippen molar-refractivity contribution in [2.24, 2.45) is 50.7 Å². The van der Waals surface area contributed by atoms with Crippen LogP contribution in [0, 0.1) is 88.1 Å². The molecule has 43 heavy (non-hydrogen) atoms. The molecule has 2 heterocycles. The quantitative estimate of drug-likeness (QED) is 0.387. The van der Waals surface area contributed by atoms with Crippen LogP contribution in [0.2, 0.25) is 0 Å². The van der Waals surface area contributed by atoms with Crippen LogP contribution >= 0.6 is 0 Å². The molecule has 7 aliphatic rings. The van der Waals surface area contributed by atoms with E-state index in [2.05, 4.69) is 46.6 Å². The van der Waals surface area contributed by atoms with Gasteiger partial charge in [0.2, 0.25) is 0 Å². The Balaban J connectivity index is 0.00000329. The van der Waals surface area contributed by atoms with Crippen LogP contribution < -0.4 is 0 Å². The number of hydrogen-bond donors (Lipinski definition) is 3. The van der Waals surface area contributed by atoms with Crippen LogP contribution in [-0.4, -0.2) is 89.4 Å². The standard InChI is InChI=1S/C35H59NO6.Er/c1-20-17-21(28(37)31(4,5)39)41-27-26(20)32(6)13-14-35-19-34(35)12-11-24(42-25-18-36(8)15-16-40-25)30(2,3)22(34)9-10-23(35)33(32,7)29(27)38;/h20-29,37-39H,9-19H2,1-8H3;. The average molecular weight is 757 g/mol. The monoisotopic (exact) mass is 755 g/mol. The molecule has 2 spiro atoms. The predicted molar refractivity (Wildman–Crippen MR) is 161 cm³/mol. The Hall–Kier alpha value is 0.967. The van der Waals surface area contributed by atoms with Crippen LogP contribution in [0.4, 0.5) is 0 Å². The second kappa shape index (κ2) is 10.7. The number of nitrogens with zero attached hydrogens (tertiary/aromatic N) is 1. The zero-order valence-corrected chi connectivity index (χ0v) is 29.7. The van der Waals surface area contributed by atoms with Crippen molar-refractivity contribution >= 4 is 0 Å².